The van der Waals surface area contributed by atoms with Crippen LogP contribution in [-0.4, -0.2) is 23.0 Å². The van der Waals surface area contributed by atoms with E-state index in [1.54, 1.807) is 6.92 Å². The van der Waals surface area contributed by atoms with Crippen molar-refractivity contribution in [1.29, 1.82) is 0 Å². The van der Waals surface area contributed by atoms with Crippen molar-refractivity contribution < 1.29 is 14.7 Å². The third-order valence-corrected chi connectivity index (χ3v) is 2.70. The summed E-state index contributed by atoms with van der Waals surface area (Å²) < 4.78 is 0. The van der Waals surface area contributed by atoms with Gasteiger partial charge >= 0.3 is 5.97 Å². The lowest BCUT2D eigenvalue weighted by Gasteiger charge is -2.16. The molecule has 2 atom stereocenters. The zero-order chi connectivity index (χ0) is 13.5. The van der Waals surface area contributed by atoms with Crippen molar-refractivity contribution in [2.75, 3.05) is 0 Å². The highest BCUT2D eigenvalue weighted by Crippen LogP contribution is 2.08. The molecule has 4 nitrogen and oxygen atoms in total. The number of benzene rings is 1. The maximum atomic E-state index is 11.8. The monoisotopic (exact) mass is 249 g/mol. The van der Waals surface area contributed by atoms with Crippen LogP contribution in [0.15, 0.2) is 30.3 Å². The number of carbonyl (C=O) groups is 2. The molecule has 0 unspecified atom stereocenters. The normalized spacial score (nSPS) is 13.7. The molecule has 0 heterocycles. The van der Waals surface area contributed by atoms with Gasteiger partial charge in [0, 0.05) is 12.0 Å². The standard InChI is InChI=1S/C14H19NO3/c1-10(8-12-6-4-3-5-7-12)14(18)15-11(2)9-13(16)17/h3-7,10-11H,8-9H2,1-2H3,(H,15,18)(H,16,17)/t10-,11+/m0/s1. The molecule has 0 saturated carbocycles. The molecule has 1 amide bonds. The first-order valence-corrected chi connectivity index (χ1v) is 6.05. The molecule has 4 heteroatoms. The van der Waals surface area contributed by atoms with E-state index in [0.717, 1.165) is 5.56 Å². The van der Waals surface area contributed by atoms with Gasteiger partial charge in [0.25, 0.3) is 0 Å². The van der Waals surface area contributed by atoms with Gasteiger partial charge in [-0.3, -0.25) is 9.59 Å². The second-order valence-electron chi connectivity index (χ2n) is 4.60. The number of hydrogen-bond donors (Lipinski definition) is 2. The van der Waals surface area contributed by atoms with E-state index < -0.39 is 5.97 Å². The first kappa shape index (κ1) is 14.2. The molecular formula is C14H19NO3. The quantitative estimate of drug-likeness (QED) is 0.808. The fourth-order valence-electron chi connectivity index (χ4n) is 1.76. The summed E-state index contributed by atoms with van der Waals surface area (Å²) in [6.07, 6.45) is 0.607. The van der Waals surface area contributed by atoms with Gasteiger partial charge in [-0.2, -0.15) is 0 Å². The third kappa shape index (κ3) is 4.99. The maximum absolute atomic E-state index is 11.8. The van der Waals surface area contributed by atoms with Crippen LogP contribution in [0.2, 0.25) is 0 Å². The average Bonchev–Trinajstić information content (AvgIpc) is 2.28. The first-order valence-electron chi connectivity index (χ1n) is 6.05. The molecule has 98 valence electrons. The van der Waals surface area contributed by atoms with Crippen LogP contribution in [0.25, 0.3) is 0 Å². The lowest BCUT2D eigenvalue weighted by atomic mass is 10.00. The number of hydrogen-bond acceptors (Lipinski definition) is 2. The van der Waals surface area contributed by atoms with E-state index in [1.807, 2.05) is 37.3 Å². The van der Waals surface area contributed by atoms with Crippen LogP contribution in [0.5, 0.6) is 0 Å². The average molecular weight is 249 g/mol. The molecule has 1 aromatic rings. The van der Waals surface area contributed by atoms with E-state index in [9.17, 15) is 9.59 Å². The summed E-state index contributed by atoms with van der Waals surface area (Å²) in [6.45, 7) is 3.54. The minimum absolute atomic E-state index is 0.0518. The SMILES string of the molecule is C[C@H](CC(=O)O)NC(=O)[C@@H](C)Cc1ccccc1. The highest BCUT2D eigenvalue weighted by molar-refractivity contribution is 5.79. The van der Waals surface area contributed by atoms with Gasteiger partial charge in [0.15, 0.2) is 0 Å². The molecule has 18 heavy (non-hydrogen) atoms. The van der Waals surface area contributed by atoms with Crippen LogP contribution in [0.4, 0.5) is 0 Å². The Kier molecular flexibility index (Phi) is 5.36. The van der Waals surface area contributed by atoms with Crippen LogP contribution < -0.4 is 5.32 Å². The van der Waals surface area contributed by atoms with Gasteiger partial charge in [0.05, 0.1) is 6.42 Å². The van der Waals surface area contributed by atoms with E-state index in [0.29, 0.717) is 6.42 Å². The number of carboxylic acids is 1. The Labute approximate surface area is 107 Å². The van der Waals surface area contributed by atoms with Crippen molar-refractivity contribution in [1.82, 2.24) is 5.32 Å². The highest BCUT2D eigenvalue weighted by Gasteiger charge is 2.16. The number of aliphatic carboxylic acids is 1. The molecule has 2 N–H and O–H groups in total. The number of amides is 1. The van der Waals surface area contributed by atoms with Crippen molar-refractivity contribution in [2.45, 2.75) is 32.7 Å². The Hall–Kier alpha value is -1.84. The molecule has 0 fully saturated rings. The predicted molar refractivity (Wildman–Crippen MR) is 69.2 cm³/mol. The van der Waals surface area contributed by atoms with Crippen molar-refractivity contribution in [3.05, 3.63) is 35.9 Å². The molecule has 0 aromatic heterocycles. The lowest BCUT2D eigenvalue weighted by Crippen LogP contribution is -2.38. The fraction of sp³-hybridized carbons (Fsp3) is 0.429. The van der Waals surface area contributed by atoms with Crippen molar-refractivity contribution in [3.63, 3.8) is 0 Å². The van der Waals surface area contributed by atoms with Gasteiger partial charge in [-0.15, -0.1) is 0 Å². The molecular weight excluding hydrogens is 230 g/mol. The number of carboxylic acid groups (broad SMARTS) is 1. The van der Waals surface area contributed by atoms with Gasteiger partial charge in [-0.25, -0.2) is 0 Å². The summed E-state index contributed by atoms with van der Waals surface area (Å²) in [5.74, 6) is -1.17. The molecule has 0 aliphatic rings. The minimum atomic E-state index is -0.904. The predicted octanol–water partition coefficient (Wildman–Crippen LogP) is 1.84. The van der Waals surface area contributed by atoms with Crippen LogP contribution in [-0.2, 0) is 16.0 Å². The van der Waals surface area contributed by atoms with E-state index in [-0.39, 0.29) is 24.3 Å². The summed E-state index contributed by atoms with van der Waals surface area (Å²) in [5.41, 5.74) is 1.10. The Balaban J connectivity index is 2.44. The summed E-state index contributed by atoms with van der Waals surface area (Å²) in [7, 11) is 0. The van der Waals surface area contributed by atoms with Crippen molar-refractivity contribution in [2.24, 2.45) is 5.92 Å². The number of carbonyl (C=O) groups excluding carboxylic acids is 1. The van der Waals surface area contributed by atoms with E-state index >= 15 is 0 Å². The Bertz CT molecular complexity index is 403. The van der Waals surface area contributed by atoms with Crippen molar-refractivity contribution in [3.8, 4) is 0 Å². The summed E-state index contributed by atoms with van der Waals surface area (Å²) in [6, 6.07) is 9.42. The zero-order valence-electron chi connectivity index (χ0n) is 10.7. The third-order valence-electron chi connectivity index (χ3n) is 2.70. The molecule has 0 aliphatic carbocycles. The molecule has 0 spiro atoms. The van der Waals surface area contributed by atoms with E-state index in [1.165, 1.54) is 0 Å². The zero-order valence-corrected chi connectivity index (χ0v) is 10.7. The number of nitrogens with one attached hydrogen (secondary N) is 1. The van der Waals surface area contributed by atoms with Crippen LogP contribution in [0.3, 0.4) is 0 Å². The second kappa shape index (κ2) is 6.79. The lowest BCUT2D eigenvalue weighted by molar-refractivity contribution is -0.137. The van der Waals surface area contributed by atoms with E-state index in [2.05, 4.69) is 5.32 Å². The molecule has 1 rings (SSSR count). The van der Waals surface area contributed by atoms with Crippen LogP contribution in [0.1, 0.15) is 25.8 Å². The Morgan fingerprint density at radius 2 is 1.83 bits per heavy atom. The van der Waals surface area contributed by atoms with Gasteiger partial charge in [-0.1, -0.05) is 37.3 Å². The Morgan fingerprint density at radius 1 is 1.22 bits per heavy atom. The topological polar surface area (TPSA) is 66.4 Å². The fourth-order valence-corrected chi connectivity index (χ4v) is 1.76. The summed E-state index contributed by atoms with van der Waals surface area (Å²) in [5, 5.41) is 11.3. The van der Waals surface area contributed by atoms with Crippen LogP contribution >= 0.6 is 0 Å². The maximum Gasteiger partial charge on any atom is 0.305 e. The molecule has 0 aliphatic heterocycles. The number of rotatable bonds is 6. The molecule has 0 bridgehead atoms. The van der Waals surface area contributed by atoms with E-state index in [4.69, 9.17) is 5.11 Å². The molecule has 0 radical (unpaired) electrons. The summed E-state index contributed by atoms with van der Waals surface area (Å²) >= 11 is 0. The van der Waals surface area contributed by atoms with Gasteiger partial charge in [0.2, 0.25) is 5.91 Å². The molecule has 0 saturated heterocycles. The minimum Gasteiger partial charge on any atom is -0.481 e. The van der Waals surface area contributed by atoms with Crippen LogP contribution in [0, 0.1) is 5.92 Å². The first-order chi connectivity index (χ1) is 8.49. The molecule has 1 aromatic carbocycles. The van der Waals surface area contributed by atoms with Gasteiger partial charge in [0.1, 0.15) is 0 Å². The second-order valence-corrected chi connectivity index (χ2v) is 4.60. The summed E-state index contributed by atoms with van der Waals surface area (Å²) in [4.78, 5) is 22.3. The van der Waals surface area contributed by atoms with Gasteiger partial charge < -0.3 is 10.4 Å². The van der Waals surface area contributed by atoms with Crippen molar-refractivity contribution >= 4 is 11.9 Å². The smallest absolute Gasteiger partial charge is 0.305 e. The Morgan fingerprint density at radius 3 is 2.39 bits per heavy atom. The largest absolute Gasteiger partial charge is 0.481 e. The van der Waals surface area contributed by atoms with Gasteiger partial charge in [-0.05, 0) is 18.9 Å². The highest BCUT2D eigenvalue weighted by atomic mass is 16.4.